The number of halogens is 1. The number of rotatable bonds is 3. The molecule has 2 aromatic rings. The molecular formula is C12H13FN2O. The first kappa shape index (κ1) is 10.7. The van der Waals surface area contributed by atoms with E-state index >= 15 is 0 Å². The van der Waals surface area contributed by atoms with Gasteiger partial charge in [-0.3, -0.25) is 0 Å². The zero-order valence-electron chi connectivity index (χ0n) is 8.96. The van der Waals surface area contributed by atoms with Crippen LogP contribution in [0.25, 0.3) is 11.1 Å². The van der Waals surface area contributed by atoms with Crippen molar-refractivity contribution in [1.82, 2.24) is 4.98 Å². The largest absolute Gasteiger partial charge is 0.496 e. The van der Waals surface area contributed by atoms with Gasteiger partial charge in [0.2, 0.25) is 0 Å². The molecule has 1 aromatic heterocycles. The van der Waals surface area contributed by atoms with Crippen molar-refractivity contribution in [2.45, 2.75) is 6.54 Å². The molecule has 0 bridgehead atoms. The van der Waals surface area contributed by atoms with Crippen molar-refractivity contribution in [2.75, 3.05) is 7.11 Å². The summed E-state index contributed by atoms with van der Waals surface area (Å²) in [6, 6.07) is 4.43. The Morgan fingerprint density at radius 1 is 1.31 bits per heavy atom. The Morgan fingerprint density at radius 3 is 2.81 bits per heavy atom. The Labute approximate surface area is 93.0 Å². The molecule has 3 nitrogen and oxygen atoms in total. The molecule has 1 aromatic carbocycles. The normalized spacial score (nSPS) is 10.4. The van der Waals surface area contributed by atoms with Crippen molar-refractivity contribution in [2.24, 2.45) is 5.73 Å². The highest BCUT2D eigenvalue weighted by Crippen LogP contribution is 2.32. The first-order chi connectivity index (χ1) is 7.76. The Hall–Kier alpha value is -1.81. The minimum Gasteiger partial charge on any atom is -0.496 e. The summed E-state index contributed by atoms with van der Waals surface area (Å²) in [5.74, 6) is 0.343. The molecule has 0 saturated heterocycles. The van der Waals surface area contributed by atoms with Crippen LogP contribution in [0, 0.1) is 5.82 Å². The van der Waals surface area contributed by atoms with Crippen molar-refractivity contribution in [3.63, 3.8) is 0 Å². The number of aromatic amines is 1. The van der Waals surface area contributed by atoms with E-state index in [4.69, 9.17) is 10.5 Å². The van der Waals surface area contributed by atoms with Crippen molar-refractivity contribution < 1.29 is 9.13 Å². The molecule has 3 N–H and O–H groups in total. The van der Waals surface area contributed by atoms with Crippen LogP contribution in [-0.4, -0.2) is 12.1 Å². The molecule has 16 heavy (non-hydrogen) atoms. The van der Waals surface area contributed by atoms with E-state index in [9.17, 15) is 4.39 Å². The minimum absolute atomic E-state index is 0.292. The van der Waals surface area contributed by atoms with Crippen molar-refractivity contribution in [3.05, 3.63) is 42.0 Å². The van der Waals surface area contributed by atoms with Gasteiger partial charge in [-0.2, -0.15) is 0 Å². The fraction of sp³-hybridized carbons (Fsp3) is 0.167. The van der Waals surface area contributed by atoms with Crippen molar-refractivity contribution in [1.29, 1.82) is 0 Å². The lowest BCUT2D eigenvalue weighted by molar-refractivity contribution is 0.415. The van der Waals surface area contributed by atoms with Crippen LogP contribution < -0.4 is 10.5 Å². The monoisotopic (exact) mass is 220 g/mol. The molecule has 84 valence electrons. The maximum Gasteiger partial charge on any atom is 0.126 e. The Bertz CT molecular complexity index is 494. The number of H-pyrrole nitrogens is 1. The Balaban J connectivity index is 2.58. The molecule has 0 amide bonds. The minimum atomic E-state index is -0.292. The molecule has 0 atom stereocenters. The summed E-state index contributed by atoms with van der Waals surface area (Å²) >= 11 is 0. The maximum atomic E-state index is 13.2. The van der Waals surface area contributed by atoms with E-state index < -0.39 is 0 Å². The van der Waals surface area contributed by atoms with Crippen molar-refractivity contribution in [3.8, 4) is 16.9 Å². The van der Waals surface area contributed by atoms with E-state index in [1.807, 2.05) is 0 Å². The van der Waals surface area contributed by atoms with Crippen LogP contribution in [0.2, 0.25) is 0 Å². The number of benzene rings is 1. The molecule has 0 aliphatic rings. The highest BCUT2D eigenvalue weighted by molar-refractivity contribution is 5.73. The second-order valence-corrected chi connectivity index (χ2v) is 3.44. The smallest absolute Gasteiger partial charge is 0.126 e. The first-order valence-electron chi connectivity index (χ1n) is 4.96. The van der Waals surface area contributed by atoms with E-state index in [0.29, 0.717) is 17.9 Å². The predicted molar refractivity (Wildman–Crippen MR) is 60.6 cm³/mol. The number of aromatic nitrogens is 1. The maximum absolute atomic E-state index is 13.2. The van der Waals surface area contributed by atoms with Gasteiger partial charge in [-0.1, -0.05) is 0 Å². The number of hydrogen-bond acceptors (Lipinski definition) is 2. The van der Waals surface area contributed by atoms with Gasteiger partial charge in [0, 0.05) is 30.1 Å². The van der Waals surface area contributed by atoms with Gasteiger partial charge in [0.1, 0.15) is 11.6 Å². The number of nitrogens with one attached hydrogen (secondary N) is 1. The summed E-state index contributed by atoms with van der Waals surface area (Å²) in [6.07, 6.45) is 3.60. The van der Waals surface area contributed by atoms with E-state index in [1.165, 1.54) is 12.1 Å². The summed E-state index contributed by atoms with van der Waals surface area (Å²) in [7, 11) is 1.56. The summed E-state index contributed by atoms with van der Waals surface area (Å²) < 4.78 is 18.4. The molecule has 1 heterocycles. The van der Waals surface area contributed by atoms with Crippen LogP contribution in [0.3, 0.4) is 0 Å². The lowest BCUT2D eigenvalue weighted by Gasteiger charge is -2.08. The van der Waals surface area contributed by atoms with Gasteiger partial charge in [-0.05, 0) is 23.8 Å². The predicted octanol–water partition coefficient (Wildman–Crippen LogP) is 2.29. The average Bonchev–Trinajstić information content (AvgIpc) is 2.76. The highest BCUT2D eigenvalue weighted by atomic mass is 19.1. The molecule has 4 heteroatoms. The first-order valence-corrected chi connectivity index (χ1v) is 4.96. The van der Waals surface area contributed by atoms with E-state index in [-0.39, 0.29) is 5.82 Å². The number of methoxy groups -OCH3 is 1. The molecule has 0 aliphatic heterocycles. The zero-order valence-corrected chi connectivity index (χ0v) is 8.96. The lowest BCUT2D eigenvalue weighted by atomic mass is 10.0. The summed E-state index contributed by atoms with van der Waals surface area (Å²) in [5.41, 5.74) is 8.13. The zero-order chi connectivity index (χ0) is 11.5. The van der Waals surface area contributed by atoms with E-state index in [2.05, 4.69) is 4.98 Å². The van der Waals surface area contributed by atoms with Crippen LogP contribution in [0.4, 0.5) is 4.39 Å². The van der Waals surface area contributed by atoms with E-state index in [0.717, 1.165) is 11.1 Å². The van der Waals surface area contributed by atoms with Gasteiger partial charge >= 0.3 is 0 Å². The van der Waals surface area contributed by atoms with Crippen molar-refractivity contribution >= 4 is 0 Å². The van der Waals surface area contributed by atoms with Gasteiger partial charge in [0.15, 0.2) is 0 Å². The van der Waals surface area contributed by atoms with Gasteiger partial charge in [0.25, 0.3) is 0 Å². The topological polar surface area (TPSA) is 51.0 Å². The molecule has 2 rings (SSSR count). The summed E-state index contributed by atoms with van der Waals surface area (Å²) in [6.45, 7) is 0.401. The van der Waals surface area contributed by atoms with Crippen LogP contribution in [0.1, 0.15) is 5.56 Å². The Kier molecular flexibility index (Phi) is 2.92. The summed E-state index contributed by atoms with van der Waals surface area (Å²) in [4.78, 5) is 2.96. The molecule has 0 spiro atoms. The van der Waals surface area contributed by atoms with E-state index in [1.54, 1.807) is 25.6 Å². The third-order valence-corrected chi connectivity index (χ3v) is 2.50. The standard InChI is InChI=1S/C12H13FN2O/c1-16-12-3-2-9(13)4-10(12)11-7-15-6-8(11)5-14/h2-4,6-7,15H,5,14H2,1H3. The molecule has 0 unspecified atom stereocenters. The third kappa shape index (κ3) is 1.79. The molecule has 0 saturated carbocycles. The second-order valence-electron chi connectivity index (χ2n) is 3.44. The quantitative estimate of drug-likeness (QED) is 0.833. The van der Waals surface area contributed by atoms with Gasteiger partial charge in [0.05, 0.1) is 7.11 Å². The Morgan fingerprint density at radius 2 is 2.12 bits per heavy atom. The molecule has 0 aliphatic carbocycles. The van der Waals surface area contributed by atoms with Gasteiger partial charge < -0.3 is 15.5 Å². The number of hydrogen-bond donors (Lipinski definition) is 2. The van der Waals surface area contributed by atoms with Crippen LogP contribution in [0.15, 0.2) is 30.6 Å². The van der Waals surface area contributed by atoms with Crippen LogP contribution in [0.5, 0.6) is 5.75 Å². The third-order valence-electron chi connectivity index (χ3n) is 2.50. The molecule has 0 fully saturated rings. The van der Waals surface area contributed by atoms with Gasteiger partial charge in [-0.15, -0.1) is 0 Å². The second kappa shape index (κ2) is 4.37. The SMILES string of the molecule is COc1ccc(F)cc1-c1c[nH]cc1CN. The molecular weight excluding hydrogens is 207 g/mol. The van der Waals surface area contributed by atoms with Crippen LogP contribution >= 0.6 is 0 Å². The molecule has 0 radical (unpaired) electrons. The lowest BCUT2D eigenvalue weighted by Crippen LogP contribution is -1.97. The number of nitrogens with two attached hydrogens (primary N) is 1. The van der Waals surface area contributed by atoms with Crippen LogP contribution in [-0.2, 0) is 6.54 Å². The number of ether oxygens (including phenoxy) is 1. The highest BCUT2D eigenvalue weighted by Gasteiger charge is 2.11. The average molecular weight is 220 g/mol. The van der Waals surface area contributed by atoms with Gasteiger partial charge in [-0.25, -0.2) is 4.39 Å². The fourth-order valence-electron chi connectivity index (χ4n) is 1.71. The fourth-order valence-corrected chi connectivity index (χ4v) is 1.71. The summed E-state index contributed by atoms with van der Waals surface area (Å²) in [5, 5.41) is 0.